The van der Waals surface area contributed by atoms with E-state index in [9.17, 15) is 4.79 Å². The van der Waals surface area contributed by atoms with Crippen LogP contribution in [0.5, 0.6) is 0 Å². The summed E-state index contributed by atoms with van der Waals surface area (Å²) < 4.78 is 2.57. The molecule has 0 bridgehead atoms. The fourth-order valence-corrected chi connectivity index (χ4v) is 1.72. The number of pyridine rings is 1. The van der Waals surface area contributed by atoms with Crippen molar-refractivity contribution in [3.8, 4) is 0 Å². The zero-order valence-electron chi connectivity index (χ0n) is 8.79. The highest BCUT2D eigenvalue weighted by Crippen LogP contribution is 2.13. The van der Waals surface area contributed by atoms with E-state index in [4.69, 9.17) is 5.11 Å². The monoisotopic (exact) mass is 297 g/mol. The van der Waals surface area contributed by atoms with Crippen molar-refractivity contribution < 1.29 is 14.7 Å². The van der Waals surface area contributed by atoms with Crippen LogP contribution in [0.25, 0.3) is 5.65 Å². The smallest absolute Gasteiger partial charge is 0.360 e. The average Bonchev–Trinajstić information content (AvgIpc) is 2.67. The van der Waals surface area contributed by atoms with E-state index in [0.717, 1.165) is 4.47 Å². The lowest BCUT2D eigenvalue weighted by molar-refractivity contribution is -0.129. The maximum Gasteiger partial charge on any atom is 0.360 e. The molecule has 0 unspecified atom stereocenters. The van der Waals surface area contributed by atoms with Crippen LogP contribution in [0.15, 0.2) is 34.2 Å². The summed E-state index contributed by atoms with van der Waals surface area (Å²) in [6, 6.07) is 3.58. The van der Waals surface area contributed by atoms with E-state index in [1.807, 2.05) is 6.07 Å². The number of oxime groups is 1. The van der Waals surface area contributed by atoms with Crippen LogP contribution in [-0.4, -0.2) is 33.3 Å². The number of hydrogen-bond acceptors (Lipinski definition) is 4. The van der Waals surface area contributed by atoms with Crippen LogP contribution in [-0.2, 0) is 9.63 Å². The van der Waals surface area contributed by atoms with Crippen LogP contribution < -0.4 is 0 Å². The van der Waals surface area contributed by atoms with Crippen molar-refractivity contribution in [1.29, 1.82) is 0 Å². The summed E-state index contributed by atoms with van der Waals surface area (Å²) in [4.78, 5) is 19.6. The van der Waals surface area contributed by atoms with Crippen molar-refractivity contribution in [2.24, 2.45) is 5.16 Å². The lowest BCUT2D eigenvalue weighted by Gasteiger charge is -1.94. The molecule has 0 aliphatic carbocycles. The molecule has 2 aromatic rings. The molecule has 0 fully saturated rings. The molecule has 0 atom stereocenters. The maximum atomic E-state index is 11.0. The van der Waals surface area contributed by atoms with Gasteiger partial charge in [0.15, 0.2) is 0 Å². The Hall–Kier alpha value is -1.89. The number of imidazole rings is 1. The number of rotatable bonds is 3. The van der Waals surface area contributed by atoms with Gasteiger partial charge in [-0.05, 0) is 28.1 Å². The fourth-order valence-electron chi connectivity index (χ4n) is 1.37. The molecule has 0 aliphatic rings. The topological polar surface area (TPSA) is 76.2 Å². The molecule has 6 nitrogen and oxygen atoms in total. The van der Waals surface area contributed by atoms with Crippen molar-refractivity contribution in [3.63, 3.8) is 0 Å². The number of carbonyl (C=O) groups is 1. The van der Waals surface area contributed by atoms with Crippen molar-refractivity contribution >= 4 is 33.3 Å². The first-order valence-electron chi connectivity index (χ1n) is 4.61. The van der Waals surface area contributed by atoms with E-state index < -0.39 is 5.97 Å². The molecule has 0 saturated carbocycles. The molecular weight excluding hydrogens is 290 g/mol. The molecule has 1 N–H and O–H groups in total. The van der Waals surface area contributed by atoms with Gasteiger partial charge in [-0.25, -0.2) is 9.78 Å². The summed E-state index contributed by atoms with van der Waals surface area (Å²) in [5.74, 6) is -1.19. The number of carboxylic acids is 1. The SMILES string of the molecule is CON=C(C(=O)O)c1cn2cc(Br)ccc2n1. The molecule has 7 heteroatoms. The third-order valence-corrected chi connectivity index (χ3v) is 2.51. The third kappa shape index (κ3) is 2.28. The Labute approximate surface area is 105 Å². The van der Waals surface area contributed by atoms with Crippen LogP contribution in [0.1, 0.15) is 5.69 Å². The van der Waals surface area contributed by atoms with E-state index in [2.05, 4.69) is 30.9 Å². The number of aromatic nitrogens is 2. The minimum absolute atomic E-state index is 0.229. The summed E-state index contributed by atoms with van der Waals surface area (Å²) in [7, 11) is 1.29. The maximum absolute atomic E-state index is 11.0. The fraction of sp³-hybridized carbons (Fsp3) is 0.100. The Balaban J connectivity index is 2.55. The summed E-state index contributed by atoms with van der Waals surface area (Å²) in [6.45, 7) is 0. The second-order valence-electron chi connectivity index (χ2n) is 3.17. The highest BCUT2D eigenvalue weighted by atomic mass is 79.9. The third-order valence-electron chi connectivity index (χ3n) is 2.04. The molecular formula is C10H8BrN3O3. The molecule has 2 rings (SSSR count). The van der Waals surface area contributed by atoms with Crippen LogP contribution in [0.4, 0.5) is 0 Å². The Kier molecular flexibility index (Phi) is 3.10. The molecule has 0 amide bonds. The van der Waals surface area contributed by atoms with E-state index in [0.29, 0.717) is 5.65 Å². The zero-order chi connectivity index (χ0) is 12.4. The molecule has 0 radical (unpaired) electrons. The highest BCUT2D eigenvalue weighted by molar-refractivity contribution is 9.10. The van der Waals surface area contributed by atoms with Gasteiger partial charge < -0.3 is 14.3 Å². The van der Waals surface area contributed by atoms with Crippen molar-refractivity contribution in [2.75, 3.05) is 7.11 Å². The number of carboxylic acid groups (broad SMARTS) is 1. The van der Waals surface area contributed by atoms with Crippen LogP contribution in [0, 0.1) is 0 Å². The van der Waals surface area contributed by atoms with Gasteiger partial charge in [-0.15, -0.1) is 0 Å². The molecule has 0 aromatic carbocycles. The summed E-state index contributed by atoms with van der Waals surface area (Å²) in [6.07, 6.45) is 3.35. The van der Waals surface area contributed by atoms with Gasteiger partial charge in [-0.1, -0.05) is 5.16 Å². The first-order valence-corrected chi connectivity index (χ1v) is 5.40. The van der Waals surface area contributed by atoms with Crippen molar-refractivity contribution in [2.45, 2.75) is 0 Å². The summed E-state index contributed by atoms with van der Waals surface area (Å²) in [5, 5.41) is 12.4. The molecule has 0 spiro atoms. The molecule has 0 aliphatic heterocycles. The van der Waals surface area contributed by atoms with Crippen molar-refractivity contribution in [3.05, 3.63) is 34.7 Å². The normalized spacial score (nSPS) is 11.8. The Morgan fingerprint density at radius 3 is 2.94 bits per heavy atom. The van der Waals surface area contributed by atoms with Gasteiger partial charge in [0, 0.05) is 16.9 Å². The van der Waals surface area contributed by atoms with E-state index >= 15 is 0 Å². The Bertz CT molecular complexity index is 606. The minimum Gasteiger partial charge on any atom is -0.476 e. The molecule has 88 valence electrons. The molecule has 17 heavy (non-hydrogen) atoms. The predicted molar refractivity (Wildman–Crippen MR) is 64.1 cm³/mol. The first-order chi connectivity index (χ1) is 8.11. The summed E-state index contributed by atoms with van der Waals surface area (Å²) in [5.41, 5.74) is 0.651. The van der Waals surface area contributed by atoms with Gasteiger partial charge >= 0.3 is 5.97 Å². The van der Waals surface area contributed by atoms with E-state index in [1.165, 1.54) is 7.11 Å². The number of aliphatic carboxylic acids is 1. The molecule has 2 aromatic heterocycles. The minimum atomic E-state index is -1.19. The number of halogens is 1. The molecule has 0 saturated heterocycles. The largest absolute Gasteiger partial charge is 0.476 e. The summed E-state index contributed by atoms with van der Waals surface area (Å²) >= 11 is 3.32. The van der Waals surface area contributed by atoms with Gasteiger partial charge in [-0.2, -0.15) is 0 Å². The quantitative estimate of drug-likeness (QED) is 0.688. The first kappa shape index (κ1) is 11.6. The number of fused-ring (bicyclic) bond motifs is 1. The predicted octanol–water partition coefficient (Wildman–Crippen LogP) is 1.53. The zero-order valence-corrected chi connectivity index (χ0v) is 10.4. The lowest BCUT2D eigenvalue weighted by atomic mass is 10.3. The second kappa shape index (κ2) is 4.54. The van der Waals surface area contributed by atoms with Crippen LogP contribution in [0.2, 0.25) is 0 Å². The van der Waals surface area contributed by atoms with Gasteiger partial charge in [-0.3, -0.25) is 0 Å². The average molecular weight is 298 g/mol. The standard InChI is InChI=1S/C10H8BrN3O3/c1-17-13-9(10(15)16)7-5-14-4-6(11)2-3-8(14)12-7/h2-5H,1H3,(H,15,16). The lowest BCUT2D eigenvalue weighted by Crippen LogP contribution is -2.15. The van der Waals surface area contributed by atoms with Crippen molar-refractivity contribution in [1.82, 2.24) is 9.38 Å². The van der Waals surface area contributed by atoms with E-state index in [-0.39, 0.29) is 11.4 Å². The Morgan fingerprint density at radius 2 is 2.29 bits per heavy atom. The Morgan fingerprint density at radius 1 is 1.53 bits per heavy atom. The van der Waals surface area contributed by atoms with Gasteiger partial charge in [0.2, 0.25) is 5.71 Å². The van der Waals surface area contributed by atoms with Gasteiger partial charge in [0.05, 0.1) is 0 Å². The van der Waals surface area contributed by atoms with Crippen LogP contribution >= 0.6 is 15.9 Å². The highest BCUT2D eigenvalue weighted by Gasteiger charge is 2.17. The van der Waals surface area contributed by atoms with Crippen LogP contribution in [0.3, 0.4) is 0 Å². The molecule has 2 heterocycles. The van der Waals surface area contributed by atoms with Gasteiger partial charge in [0.25, 0.3) is 0 Å². The second-order valence-corrected chi connectivity index (χ2v) is 4.08. The number of hydrogen-bond donors (Lipinski definition) is 1. The van der Waals surface area contributed by atoms with Gasteiger partial charge in [0.1, 0.15) is 18.5 Å². The number of nitrogens with zero attached hydrogens (tertiary/aromatic N) is 3. The van der Waals surface area contributed by atoms with E-state index in [1.54, 1.807) is 22.9 Å².